The zero-order chi connectivity index (χ0) is 74.6. The van der Waals surface area contributed by atoms with Crippen LogP contribution >= 0.6 is 0 Å². The molecule has 2 bridgehead atoms. The number of benzene rings is 1. The lowest BCUT2D eigenvalue weighted by atomic mass is 9.84. The summed E-state index contributed by atoms with van der Waals surface area (Å²) in [6.07, 6.45) is 2.77. The average molecular weight is 1420 g/mol. The SMILES string of the molecule is CC[C@H](C)[C@@H]1NC(=O)[C@H](CC(C)C)N(C)C(=O)C[C@@H](C(=O)N2C3CCC2COC3)N(C)C(=O)[C@H](C(C)C)N(C)C(=O)CCCCNC(=O)[C@@H]2CCCN2C(=O)[C@H](CCc2ccc(C(F)(F)F)c(C)c2)NC(=O)CN(C)C(=O)[C@H](CC2CCCCC2)N(C)C(=O)[C@@H]2CCN2C(=O)[C@H](C)N(C)C1=O. The first-order chi connectivity index (χ1) is 47.6. The van der Waals surface area contributed by atoms with Crippen LogP contribution in [0.15, 0.2) is 18.2 Å². The standard InChI is InChI=1S/C73H113F3N12O13/c1-15-45(6)62-71(99)81(10)47(8)66(94)87-35-32-55(87)69(97)83(12)57(38-48-22-17-16-18-23-48)68(96)80(9)40-59(89)78-53(31-27-49-26-30-52(46(7)37-49)73(74,75)76)67(95)86-34-21-24-54(86)64(92)77-33-20-19-25-60(90)85(14)63(44(4)5)72(100)84(13)58(70(98)88-50-28-29-51(88)42-101-41-50)39-61(91)82(11)56(36-43(2)3)65(93)79-62/h26,30,37,43-45,47-48,50-51,53-58,62-63H,15-25,27-29,31-36,38-42H2,1-14H3,(H,77,92)(H,78,89)(H,79,93)/t45-,47-,50?,51?,53-,54-,55-,56-,57-,58-,62-,63-/m0/s1. The number of nitrogens with one attached hydrogen (secondary N) is 3. The van der Waals surface area contributed by atoms with E-state index in [2.05, 4.69) is 16.0 Å². The summed E-state index contributed by atoms with van der Waals surface area (Å²) in [6.45, 7) is 14.1. The minimum absolute atomic E-state index is 0.0365. The van der Waals surface area contributed by atoms with Crippen molar-refractivity contribution in [2.24, 2.45) is 23.7 Å². The second kappa shape index (κ2) is 35.7. The van der Waals surface area contributed by atoms with Gasteiger partial charge in [0.1, 0.15) is 54.4 Å². The van der Waals surface area contributed by atoms with Crippen molar-refractivity contribution in [1.82, 2.24) is 60.0 Å². The molecule has 5 heterocycles. The topological polar surface area (TPSA) is 279 Å². The van der Waals surface area contributed by atoms with Crippen LogP contribution in [-0.2, 0) is 74.9 Å². The molecule has 25 nitrogen and oxygen atoms in total. The maximum atomic E-state index is 15.1. The zero-order valence-corrected chi connectivity index (χ0v) is 62.0. The quantitative estimate of drug-likeness (QED) is 0.266. The number of carbonyl (C=O) groups is 12. The molecule has 2 unspecified atom stereocenters. The molecule has 12 atom stereocenters. The second-order valence-electron chi connectivity index (χ2n) is 30.2. The lowest BCUT2D eigenvalue weighted by molar-refractivity contribution is -0.160. The number of likely N-dealkylation sites (N-methyl/N-ethyl adjacent to an activating group) is 6. The zero-order valence-electron chi connectivity index (χ0n) is 62.0. The monoisotopic (exact) mass is 1420 g/mol. The first-order valence-electron chi connectivity index (χ1n) is 36.7. The molecule has 0 aromatic heterocycles. The van der Waals surface area contributed by atoms with E-state index in [0.717, 1.165) is 38.2 Å². The Labute approximate surface area is 594 Å². The Kier molecular flexibility index (Phi) is 28.6. The number of amides is 12. The van der Waals surface area contributed by atoms with E-state index in [1.165, 1.54) is 107 Å². The van der Waals surface area contributed by atoms with Gasteiger partial charge in [0, 0.05) is 68.3 Å². The molecule has 1 saturated carbocycles. The molecular weight excluding hydrogens is 1310 g/mol. The van der Waals surface area contributed by atoms with Crippen LogP contribution in [0.3, 0.4) is 0 Å². The first-order valence-corrected chi connectivity index (χ1v) is 36.7. The van der Waals surface area contributed by atoms with Gasteiger partial charge in [0.15, 0.2) is 0 Å². The molecule has 1 aliphatic carbocycles. The summed E-state index contributed by atoms with van der Waals surface area (Å²) in [5, 5.41) is 8.63. The first kappa shape index (κ1) is 80.9. The fourth-order valence-electron chi connectivity index (χ4n) is 15.5. The number of hydrogen-bond donors (Lipinski definition) is 3. The molecule has 7 rings (SSSR count). The Morgan fingerprint density at radius 3 is 1.89 bits per heavy atom. The molecule has 6 aliphatic rings. The highest BCUT2D eigenvalue weighted by Crippen LogP contribution is 2.35. The van der Waals surface area contributed by atoms with Gasteiger partial charge < -0.3 is 64.8 Å². The summed E-state index contributed by atoms with van der Waals surface area (Å²) in [6, 6.07) is -7.44. The van der Waals surface area contributed by atoms with E-state index in [1.54, 1.807) is 25.7 Å². The lowest BCUT2D eigenvalue weighted by Crippen LogP contribution is -2.65. The number of hydrogen-bond acceptors (Lipinski definition) is 13. The molecule has 101 heavy (non-hydrogen) atoms. The van der Waals surface area contributed by atoms with E-state index >= 15 is 14.4 Å². The van der Waals surface area contributed by atoms with Crippen molar-refractivity contribution in [1.29, 1.82) is 0 Å². The average Bonchev–Trinajstić information content (AvgIpc) is 1.76. The fourth-order valence-corrected chi connectivity index (χ4v) is 15.5. The van der Waals surface area contributed by atoms with E-state index < -0.39 is 162 Å². The molecule has 6 fully saturated rings. The number of alkyl halides is 3. The van der Waals surface area contributed by atoms with Gasteiger partial charge in [-0.2, -0.15) is 13.2 Å². The highest BCUT2D eigenvalue weighted by molar-refractivity contribution is 5.99. The van der Waals surface area contributed by atoms with Crippen LogP contribution in [0.2, 0.25) is 0 Å². The molecule has 5 aliphatic heterocycles. The van der Waals surface area contributed by atoms with E-state index in [4.69, 9.17) is 4.74 Å². The Bertz CT molecular complexity index is 3150. The van der Waals surface area contributed by atoms with Crippen molar-refractivity contribution in [3.63, 3.8) is 0 Å². The third kappa shape index (κ3) is 19.7. The number of morpholine rings is 1. The fraction of sp³-hybridized carbons (Fsp3) is 0.753. The van der Waals surface area contributed by atoms with Gasteiger partial charge in [-0.05, 0) is 125 Å². The van der Waals surface area contributed by atoms with Gasteiger partial charge in [-0.25, -0.2) is 0 Å². The van der Waals surface area contributed by atoms with Crippen LogP contribution in [0.4, 0.5) is 13.2 Å². The number of fused-ring (bicyclic) bond motifs is 4. The second-order valence-corrected chi connectivity index (χ2v) is 30.2. The molecule has 1 aromatic carbocycles. The molecule has 5 saturated heterocycles. The van der Waals surface area contributed by atoms with Crippen molar-refractivity contribution in [2.75, 3.05) is 81.7 Å². The van der Waals surface area contributed by atoms with E-state index in [9.17, 15) is 56.3 Å². The molecule has 28 heteroatoms. The molecule has 0 spiro atoms. The predicted molar refractivity (Wildman–Crippen MR) is 370 cm³/mol. The third-order valence-corrected chi connectivity index (χ3v) is 22.2. The summed E-state index contributed by atoms with van der Waals surface area (Å²) in [4.78, 5) is 189. The summed E-state index contributed by atoms with van der Waals surface area (Å²) >= 11 is 0. The van der Waals surface area contributed by atoms with Crippen molar-refractivity contribution in [3.8, 4) is 0 Å². The number of halogens is 3. The molecule has 0 radical (unpaired) electrons. The number of ether oxygens (including phenoxy) is 1. The largest absolute Gasteiger partial charge is 0.416 e. The maximum absolute atomic E-state index is 15.1. The van der Waals surface area contributed by atoms with E-state index in [-0.39, 0.29) is 114 Å². The summed E-state index contributed by atoms with van der Waals surface area (Å²) in [5.41, 5.74) is -0.403. The molecule has 3 N–H and O–H groups in total. The van der Waals surface area contributed by atoms with Crippen LogP contribution in [0.5, 0.6) is 0 Å². The summed E-state index contributed by atoms with van der Waals surface area (Å²) < 4.78 is 47.4. The predicted octanol–water partition coefficient (Wildman–Crippen LogP) is 4.92. The number of aryl methyl sites for hydroxylation is 2. The summed E-state index contributed by atoms with van der Waals surface area (Å²) in [5.74, 6) is -8.05. The van der Waals surface area contributed by atoms with Gasteiger partial charge in [-0.3, -0.25) is 57.5 Å². The number of rotatable bonds is 11. The van der Waals surface area contributed by atoms with Crippen LogP contribution < -0.4 is 16.0 Å². The van der Waals surface area contributed by atoms with E-state index in [1.807, 2.05) is 20.8 Å². The normalized spacial score (nSPS) is 28.7. The van der Waals surface area contributed by atoms with Gasteiger partial charge in [0.25, 0.3) is 0 Å². The highest BCUT2D eigenvalue weighted by Gasteiger charge is 2.49. The van der Waals surface area contributed by atoms with E-state index in [0.29, 0.717) is 37.7 Å². The van der Waals surface area contributed by atoms with Crippen molar-refractivity contribution >= 4 is 70.9 Å². The Hall–Kier alpha value is -7.39. The van der Waals surface area contributed by atoms with Gasteiger partial charge in [0.2, 0.25) is 70.9 Å². The van der Waals surface area contributed by atoms with Crippen molar-refractivity contribution in [2.45, 2.75) is 250 Å². The third-order valence-electron chi connectivity index (χ3n) is 22.2. The van der Waals surface area contributed by atoms with Crippen LogP contribution in [-0.4, -0.2) is 263 Å². The van der Waals surface area contributed by atoms with Gasteiger partial charge >= 0.3 is 6.18 Å². The Morgan fingerprint density at radius 1 is 0.644 bits per heavy atom. The summed E-state index contributed by atoms with van der Waals surface area (Å²) in [7, 11) is 8.72. The Morgan fingerprint density at radius 2 is 1.30 bits per heavy atom. The van der Waals surface area contributed by atoms with Crippen LogP contribution in [0, 0.1) is 30.6 Å². The number of nitrogens with zero attached hydrogens (tertiary/aromatic N) is 9. The minimum atomic E-state index is -4.61. The van der Waals surface area contributed by atoms with Gasteiger partial charge in [0.05, 0.1) is 43.8 Å². The molecule has 1 aromatic rings. The van der Waals surface area contributed by atoms with Crippen LogP contribution in [0.25, 0.3) is 0 Å². The highest BCUT2D eigenvalue weighted by atomic mass is 19.4. The van der Waals surface area contributed by atoms with Crippen molar-refractivity contribution < 1.29 is 75.4 Å². The smallest absolute Gasteiger partial charge is 0.377 e. The molecule has 564 valence electrons. The minimum Gasteiger partial charge on any atom is -0.377 e. The molecule has 12 amide bonds. The van der Waals surface area contributed by atoms with Gasteiger partial charge in [-0.15, -0.1) is 0 Å². The number of carbonyl (C=O) groups excluding carboxylic acids is 12. The van der Waals surface area contributed by atoms with Crippen LogP contribution in [0.1, 0.15) is 181 Å². The molecular formula is C73H113F3N12O13. The van der Waals surface area contributed by atoms with Crippen molar-refractivity contribution in [3.05, 3.63) is 34.9 Å². The lowest BCUT2D eigenvalue weighted by Gasteiger charge is -2.45. The van der Waals surface area contributed by atoms with Gasteiger partial charge in [-0.1, -0.05) is 92.2 Å². The maximum Gasteiger partial charge on any atom is 0.416 e. The Balaban J connectivity index is 1.21.